The minimum atomic E-state index is 0.918. The van der Waals surface area contributed by atoms with Gasteiger partial charge in [-0.1, -0.05) is 170 Å². The molecule has 11 aromatic rings. The maximum atomic E-state index is 6.10. The van der Waals surface area contributed by atoms with Crippen LogP contribution in [0, 0.1) is 0 Å². The van der Waals surface area contributed by atoms with Crippen molar-refractivity contribution in [1.82, 2.24) is 0 Å². The second kappa shape index (κ2) is 11.8. The van der Waals surface area contributed by atoms with Crippen molar-refractivity contribution in [2.75, 3.05) is 0 Å². The van der Waals surface area contributed by atoms with Gasteiger partial charge in [0.25, 0.3) is 0 Å². The lowest BCUT2D eigenvalue weighted by Crippen LogP contribution is -1.91. The Hall–Kier alpha value is -6.96. The fourth-order valence-corrected chi connectivity index (χ4v) is 8.51. The van der Waals surface area contributed by atoms with E-state index in [1.54, 1.807) is 0 Å². The van der Waals surface area contributed by atoms with Crippen molar-refractivity contribution in [3.63, 3.8) is 0 Å². The molecule has 0 amide bonds. The number of rotatable bonds is 4. The van der Waals surface area contributed by atoms with Crippen molar-refractivity contribution in [2.45, 2.75) is 0 Å². The third kappa shape index (κ3) is 4.79. The van der Waals surface area contributed by atoms with Crippen LogP contribution in [0.1, 0.15) is 0 Å². The fourth-order valence-electron chi connectivity index (χ4n) is 8.51. The Kier molecular flexibility index (Phi) is 6.62. The first-order valence-corrected chi connectivity index (χ1v) is 18.2. The number of benzene rings is 10. The maximum Gasteiger partial charge on any atom is 0.135 e. The van der Waals surface area contributed by atoms with Crippen LogP contribution in [0.2, 0.25) is 0 Å². The monoisotopic (exact) mass is 672 g/mol. The van der Waals surface area contributed by atoms with Crippen LogP contribution in [0.4, 0.5) is 0 Å². The Balaban J connectivity index is 1.00. The number of furan rings is 1. The van der Waals surface area contributed by atoms with Crippen molar-refractivity contribution >= 4 is 65.0 Å². The Bertz CT molecular complexity index is 3140. The zero-order valence-corrected chi connectivity index (χ0v) is 28.9. The summed E-state index contributed by atoms with van der Waals surface area (Å²) in [6.45, 7) is 0. The van der Waals surface area contributed by atoms with E-state index in [1.807, 2.05) is 12.1 Å². The van der Waals surface area contributed by atoms with Gasteiger partial charge in [0.1, 0.15) is 11.2 Å². The van der Waals surface area contributed by atoms with Gasteiger partial charge in [-0.25, -0.2) is 0 Å². The average molecular weight is 673 g/mol. The molecule has 0 bridgehead atoms. The first-order chi connectivity index (χ1) is 26.3. The highest BCUT2D eigenvalue weighted by molar-refractivity contribution is 6.21. The Morgan fingerprint density at radius 2 is 0.642 bits per heavy atom. The number of hydrogen-bond donors (Lipinski definition) is 0. The number of hydrogen-bond acceptors (Lipinski definition) is 1. The van der Waals surface area contributed by atoms with Crippen molar-refractivity contribution in [3.8, 4) is 44.5 Å². The molecule has 0 atom stereocenters. The van der Waals surface area contributed by atoms with Crippen molar-refractivity contribution in [3.05, 3.63) is 194 Å². The van der Waals surface area contributed by atoms with E-state index in [0.717, 1.165) is 21.9 Å². The van der Waals surface area contributed by atoms with Gasteiger partial charge >= 0.3 is 0 Å². The van der Waals surface area contributed by atoms with Gasteiger partial charge in [0, 0.05) is 10.8 Å². The molecule has 246 valence electrons. The molecule has 53 heavy (non-hydrogen) atoms. The Morgan fingerprint density at radius 1 is 0.226 bits per heavy atom. The van der Waals surface area contributed by atoms with Crippen LogP contribution in [-0.4, -0.2) is 0 Å². The van der Waals surface area contributed by atoms with Crippen LogP contribution in [0.3, 0.4) is 0 Å². The zero-order valence-electron chi connectivity index (χ0n) is 28.9. The summed E-state index contributed by atoms with van der Waals surface area (Å²) in [4.78, 5) is 0. The van der Waals surface area contributed by atoms with E-state index in [9.17, 15) is 0 Å². The predicted octanol–water partition coefficient (Wildman–Crippen LogP) is 14.9. The number of fused-ring (bicyclic) bond motifs is 8. The largest absolute Gasteiger partial charge is 0.456 e. The van der Waals surface area contributed by atoms with Crippen LogP contribution < -0.4 is 0 Å². The highest BCUT2D eigenvalue weighted by Crippen LogP contribution is 2.44. The van der Waals surface area contributed by atoms with Crippen molar-refractivity contribution in [2.24, 2.45) is 0 Å². The lowest BCUT2D eigenvalue weighted by Gasteiger charge is -2.18. The highest BCUT2D eigenvalue weighted by atomic mass is 16.3. The molecule has 0 spiro atoms. The SMILES string of the molecule is c1ccc2c(c1)ccc1cc(-c3ccc(-c4c5ccccc5c(-c5ccc(-c6ccc7oc8ccccc8c7c6)cc5)c5ccccc45)cc3)ccc12. The topological polar surface area (TPSA) is 13.1 Å². The molecule has 0 aliphatic rings. The van der Waals surface area contributed by atoms with E-state index in [-0.39, 0.29) is 0 Å². The molecule has 0 N–H and O–H groups in total. The van der Waals surface area contributed by atoms with Gasteiger partial charge < -0.3 is 4.42 Å². The summed E-state index contributed by atoms with van der Waals surface area (Å²) in [6.07, 6.45) is 0. The summed E-state index contributed by atoms with van der Waals surface area (Å²) >= 11 is 0. The second-order valence-corrected chi connectivity index (χ2v) is 14.0. The molecule has 0 saturated heterocycles. The first-order valence-electron chi connectivity index (χ1n) is 18.2. The van der Waals surface area contributed by atoms with Crippen LogP contribution in [0.15, 0.2) is 199 Å². The van der Waals surface area contributed by atoms with Gasteiger partial charge in [-0.2, -0.15) is 0 Å². The average Bonchev–Trinajstić information content (AvgIpc) is 3.61. The van der Waals surface area contributed by atoms with E-state index >= 15 is 0 Å². The molecule has 0 aliphatic carbocycles. The Labute approximate surface area is 307 Å². The number of para-hydroxylation sites is 1. The van der Waals surface area contributed by atoms with E-state index in [2.05, 4.69) is 182 Å². The molecule has 0 fully saturated rings. The third-order valence-corrected chi connectivity index (χ3v) is 11.1. The molecule has 0 unspecified atom stereocenters. The van der Waals surface area contributed by atoms with Gasteiger partial charge in [-0.3, -0.25) is 0 Å². The predicted molar refractivity (Wildman–Crippen MR) is 225 cm³/mol. The summed E-state index contributed by atoms with van der Waals surface area (Å²) in [6, 6.07) is 70.7. The van der Waals surface area contributed by atoms with Gasteiger partial charge in [0.15, 0.2) is 0 Å². The quantitative estimate of drug-likeness (QED) is 0.134. The standard InChI is InChI=1S/C52H32O/c1-2-10-41-35(9-1)21-26-40-31-38(27-29-42(40)41)33-17-22-36(23-18-33)51-44-12-3-5-14-46(44)52(47-15-6-4-13-45(47)51)37-24-19-34(20-25-37)39-28-30-50-48(32-39)43-11-7-8-16-49(43)53-50/h1-32H. The summed E-state index contributed by atoms with van der Waals surface area (Å²) in [5, 5.41) is 12.4. The second-order valence-electron chi connectivity index (χ2n) is 14.0. The van der Waals surface area contributed by atoms with Crippen LogP contribution in [-0.2, 0) is 0 Å². The molecular weight excluding hydrogens is 641 g/mol. The van der Waals surface area contributed by atoms with Crippen LogP contribution in [0.5, 0.6) is 0 Å². The van der Waals surface area contributed by atoms with Gasteiger partial charge in [-0.05, 0) is 112 Å². The molecule has 0 aliphatic heterocycles. The molecule has 0 radical (unpaired) electrons. The zero-order chi connectivity index (χ0) is 34.9. The molecule has 1 nitrogen and oxygen atoms in total. The summed E-state index contributed by atoms with van der Waals surface area (Å²) in [7, 11) is 0. The van der Waals surface area contributed by atoms with Crippen molar-refractivity contribution in [1.29, 1.82) is 0 Å². The first kappa shape index (κ1) is 29.7. The third-order valence-electron chi connectivity index (χ3n) is 11.1. The minimum Gasteiger partial charge on any atom is -0.456 e. The van der Waals surface area contributed by atoms with E-state index in [0.29, 0.717) is 0 Å². The molecule has 1 aromatic heterocycles. The normalized spacial score (nSPS) is 11.8. The summed E-state index contributed by atoms with van der Waals surface area (Å²) in [5.74, 6) is 0. The lowest BCUT2D eigenvalue weighted by molar-refractivity contribution is 0.669. The highest BCUT2D eigenvalue weighted by Gasteiger charge is 2.17. The van der Waals surface area contributed by atoms with Crippen LogP contribution >= 0.6 is 0 Å². The van der Waals surface area contributed by atoms with Crippen molar-refractivity contribution < 1.29 is 4.42 Å². The van der Waals surface area contributed by atoms with Gasteiger partial charge in [0.2, 0.25) is 0 Å². The minimum absolute atomic E-state index is 0.918. The molecule has 1 heterocycles. The summed E-state index contributed by atoms with van der Waals surface area (Å²) < 4.78 is 6.10. The van der Waals surface area contributed by atoms with E-state index < -0.39 is 0 Å². The van der Waals surface area contributed by atoms with Crippen LogP contribution in [0.25, 0.3) is 110 Å². The van der Waals surface area contributed by atoms with Gasteiger partial charge in [0.05, 0.1) is 0 Å². The molecule has 1 heteroatoms. The van der Waals surface area contributed by atoms with Gasteiger partial charge in [-0.15, -0.1) is 0 Å². The van der Waals surface area contributed by atoms with E-state index in [1.165, 1.54) is 87.6 Å². The van der Waals surface area contributed by atoms with E-state index in [4.69, 9.17) is 4.42 Å². The lowest BCUT2D eigenvalue weighted by atomic mass is 9.85. The molecule has 0 saturated carbocycles. The molecule has 11 rings (SSSR count). The molecule has 10 aromatic carbocycles. The molecular formula is C52H32O. The smallest absolute Gasteiger partial charge is 0.135 e. The maximum absolute atomic E-state index is 6.10. The Morgan fingerprint density at radius 3 is 1.26 bits per heavy atom. The fraction of sp³-hybridized carbons (Fsp3) is 0. The summed E-state index contributed by atoms with van der Waals surface area (Å²) in [5.41, 5.74) is 11.6.